The van der Waals surface area contributed by atoms with E-state index in [1.165, 1.54) is 4.90 Å². The minimum atomic E-state index is -1.30. The Morgan fingerprint density at radius 1 is 0.716 bits per heavy atom. The number of Topliss-reactive ketones (excluding diaryl/α,β-unsaturated/α-hetero) is 2. The van der Waals surface area contributed by atoms with E-state index in [0.717, 1.165) is 26.8 Å². The van der Waals surface area contributed by atoms with E-state index in [4.69, 9.17) is 31.9 Å². The minimum Gasteiger partial charge on any atom is -0.480 e. The molecule has 3 aliphatic heterocycles. The van der Waals surface area contributed by atoms with E-state index < -0.39 is 60.0 Å². The maximum atomic E-state index is 13.8. The van der Waals surface area contributed by atoms with Crippen LogP contribution in [0.5, 0.6) is 0 Å². The number of nitrogens with one attached hydrogen (secondary N) is 1. The third-order valence-corrected chi connectivity index (χ3v) is 13.4. The Morgan fingerprint density at radius 2 is 1.12 bits per heavy atom. The van der Waals surface area contributed by atoms with Gasteiger partial charge in [0.1, 0.15) is 60.5 Å². The summed E-state index contributed by atoms with van der Waals surface area (Å²) in [5.74, 6) is -0.891. The van der Waals surface area contributed by atoms with Crippen molar-refractivity contribution in [1.82, 2.24) is 39.9 Å². The molecule has 0 spiro atoms. The lowest BCUT2D eigenvalue weighted by Crippen LogP contribution is -2.44. The lowest BCUT2D eigenvalue weighted by molar-refractivity contribution is -0.142. The Kier molecular flexibility index (Phi) is 35.0. The van der Waals surface area contributed by atoms with Gasteiger partial charge in [-0.3, -0.25) is 24.3 Å². The highest BCUT2D eigenvalue weighted by Crippen LogP contribution is 2.26. The zero-order valence-electron chi connectivity index (χ0n) is 48.8. The zero-order chi connectivity index (χ0) is 61.4. The van der Waals surface area contributed by atoms with Crippen molar-refractivity contribution in [3.63, 3.8) is 0 Å². The molecular weight excluding hydrogens is 1270 g/mol. The number of carbonyl (C=O) groups excluding carboxylic acids is 4. The van der Waals surface area contributed by atoms with Gasteiger partial charge in [0.05, 0.1) is 38.0 Å². The smallest absolute Gasteiger partial charge is 0.411 e. The Hall–Kier alpha value is -4.42. The highest BCUT2D eigenvalue weighted by Gasteiger charge is 2.43. The molecule has 0 saturated carbocycles. The van der Waals surface area contributed by atoms with E-state index in [1.54, 1.807) is 77.9 Å². The average Bonchev–Trinajstić information content (AvgIpc) is 4.07. The second-order valence-corrected chi connectivity index (χ2v) is 24.7. The van der Waals surface area contributed by atoms with E-state index in [2.05, 4.69) is 108 Å². The lowest BCUT2D eigenvalue weighted by atomic mass is 10.0. The summed E-state index contributed by atoms with van der Waals surface area (Å²) in [6, 6.07) is 15.2. The van der Waals surface area contributed by atoms with Crippen LogP contribution < -0.4 is 11.1 Å². The molecular formula is C57H88Br3ClF3N9O8. The lowest BCUT2D eigenvalue weighted by Gasteiger charge is -2.28. The number of nitrogens with zero attached hydrogens (tertiary/aromatic N) is 7. The van der Waals surface area contributed by atoms with Gasteiger partial charge in [0, 0.05) is 63.4 Å². The number of ketones is 2. The number of hydrogen-bond donors (Lipinski definition) is 3. The quantitative estimate of drug-likeness (QED) is 0.120. The molecule has 3 fully saturated rings. The summed E-state index contributed by atoms with van der Waals surface area (Å²) in [7, 11) is 3.85. The number of rotatable bonds is 11. The number of aromatic nitrogens is 3. The first-order valence-electron chi connectivity index (χ1n) is 26.2. The molecule has 0 unspecified atom stereocenters. The van der Waals surface area contributed by atoms with Gasteiger partial charge >= 0.3 is 18.2 Å². The second-order valence-electron chi connectivity index (χ2n) is 21.9. The number of alkyl halides is 3. The Morgan fingerprint density at radius 3 is 1.42 bits per heavy atom. The van der Waals surface area contributed by atoms with Crippen LogP contribution in [-0.4, -0.2) is 170 Å². The number of nitrogens with two attached hydrogens (primary N) is 1. The van der Waals surface area contributed by atoms with Crippen molar-refractivity contribution < 1.29 is 51.7 Å². The number of carbonyl (C=O) groups is 5. The fraction of sp³-hybridized carbons (Fsp3) is 0.614. The molecule has 6 atom stereocenters. The first kappa shape index (κ1) is 76.6. The molecule has 17 nitrogen and oxygen atoms in total. The SMILES string of the molecule is C.CC(C)(C)OC(=O)N1C[C@H](F)C[C@H]1C(=O)Cc1cccc(Br)n1.CC(C)(C)OC(=O)N1C[C@H](F)C[C@H]1C(=O)O.CC(C)=C(Cl)N(C)C.CCN(C(C)C)C(C)C.Nc1cccc(Br)n1.O=C(Cc1cccc(Br)n1)[C@@H]1C[C@@H](F)CN1. The van der Waals surface area contributed by atoms with Gasteiger partial charge in [0.15, 0.2) is 11.6 Å². The number of likely N-dealkylation sites (tertiary alicyclic amines) is 2. The van der Waals surface area contributed by atoms with E-state index >= 15 is 0 Å². The molecule has 3 aromatic rings. The first-order chi connectivity index (χ1) is 36.9. The van der Waals surface area contributed by atoms with Crippen LogP contribution in [0.4, 0.5) is 28.6 Å². The van der Waals surface area contributed by atoms with Crippen LogP contribution in [0.25, 0.3) is 0 Å². The van der Waals surface area contributed by atoms with Gasteiger partial charge in [-0.1, -0.05) is 44.2 Å². The minimum absolute atomic E-state index is 0. The molecule has 3 aromatic heterocycles. The summed E-state index contributed by atoms with van der Waals surface area (Å²) in [6.07, 6.45) is -4.42. The van der Waals surface area contributed by atoms with Crippen molar-refractivity contribution in [3.8, 4) is 0 Å². The van der Waals surface area contributed by atoms with E-state index in [0.29, 0.717) is 38.5 Å². The monoisotopic (exact) mass is 1360 g/mol. The Balaban J connectivity index is 0.000000990. The van der Waals surface area contributed by atoms with Gasteiger partial charge in [0.2, 0.25) is 0 Å². The molecule has 3 aliphatic rings. The van der Waals surface area contributed by atoms with Crippen LogP contribution in [0, 0.1) is 0 Å². The standard InChI is InChI=1S/C16H20BrFN2O3.C11H12BrFN2O.C10H16FNO4.C8H19N.C6H12ClN.C5H5BrN2.CH4/c1-16(2,3)23-15(22)20-9-10(18)7-12(20)13(21)8-11-5-4-6-14(17)19-11;12-11-3-1-2-8(15-11)5-10(16)9-4-7(13)6-14-9;1-10(2,3)16-9(15)12-5-6(11)4-7(12)8(13)14;1-6-9(7(2)3)8(4)5;1-5(2)6(7)8(3)4;6-4-2-1-3-5(7)8-4;/h4-6,10,12H,7-9H2,1-3H3;1-3,7,9,14H,4-6H2;6-7H,4-5H2,1-3H3,(H,13,14);7-8H,6H2,1-5H3;1-4H3;1-3H,(H2,7,8);1H4/t10-,12+;7-,9+;6-,7+;;;;/m111..../s1. The van der Waals surface area contributed by atoms with E-state index in [-0.39, 0.29) is 76.8 Å². The molecule has 458 valence electrons. The predicted octanol–water partition coefficient (Wildman–Crippen LogP) is 12.6. The zero-order valence-corrected chi connectivity index (χ0v) is 54.4. The summed E-state index contributed by atoms with van der Waals surface area (Å²) in [6.45, 7) is 26.5. The summed E-state index contributed by atoms with van der Waals surface area (Å²) < 4.78 is 52.1. The van der Waals surface area contributed by atoms with Crippen molar-refractivity contribution in [2.75, 3.05) is 46.0 Å². The highest BCUT2D eigenvalue weighted by molar-refractivity contribution is 9.11. The summed E-state index contributed by atoms with van der Waals surface area (Å²) in [5, 5.41) is 12.5. The number of carboxylic acids is 1. The van der Waals surface area contributed by atoms with Crippen molar-refractivity contribution >= 4 is 94.9 Å². The highest BCUT2D eigenvalue weighted by atomic mass is 79.9. The molecule has 0 radical (unpaired) electrons. The topological polar surface area (TPSA) is 214 Å². The molecule has 4 N–H and O–H groups in total. The number of ether oxygens (including phenoxy) is 2. The largest absolute Gasteiger partial charge is 0.480 e. The van der Waals surface area contributed by atoms with Crippen LogP contribution in [0.2, 0.25) is 0 Å². The van der Waals surface area contributed by atoms with Gasteiger partial charge in [-0.05, 0) is 179 Å². The van der Waals surface area contributed by atoms with Gasteiger partial charge in [-0.15, -0.1) is 0 Å². The number of hydrogen-bond acceptors (Lipinski definition) is 14. The van der Waals surface area contributed by atoms with Crippen LogP contribution >= 0.6 is 59.4 Å². The summed E-state index contributed by atoms with van der Waals surface area (Å²) >= 11 is 15.4. The van der Waals surface area contributed by atoms with Crippen molar-refractivity contribution in [2.24, 2.45) is 0 Å². The maximum Gasteiger partial charge on any atom is 0.411 e. The van der Waals surface area contributed by atoms with Crippen molar-refractivity contribution in [3.05, 3.63) is 90.5 Å². The average molecular weight is 1360 g/mol. The molecule has 3 saturated heterocycles. The Bertz CT molecular complexity index is 2440. The van der Waals surface area contributed by atoms with Crippen molar-refractivity contribution in [1.29, 1.82) is 0 Å². The van der Waals surface area contributed by atoms with E-state index in [9.17, 15) is 37.1 Å². The number of anilines is 1. The van der Waals surface area contributed by atoms with Crippen LogP contribution in [0.3, 0.4) is 0 Å². The number of amides is 2. The molecule has 6 heterocycles. The number of halogens is 7. The molecule has 2 amide bonds. The van der Waals surface area contributed by atoms with Gasteiger partial charge < -0.3 is 30.5 Å². The maximum absolute atomic E-state index is 13.8. The number of allylic oxidation sites excluding steroid dienone is 1. The number of pyridine rings is 3. The molecule has 24 heteroatoms. The fourth-order valence-electron chi connectivity index (χ4n) is 7.98. The number of nitrogen functional groups attached to an aromatic ring is 1. The fourth-order valence-corrected chi connectivity index (χ4v) is 9.10. The van der Waals surface area contributed by atoms with Crippen LogP contribution in [0.15, 0.2) is 79.1 Å². The normalized spacial score (nSPS) is 19.1. The third-order valence-electron chi connectivity index (χ3n) is 11.4. The van der Waals surface area contributed by atoms with Crippen LogP contribution in [-0.2, 0) is 36.7 Å². The number of aliphatic carboxylic acids is 1. The molecule has 6 rings (SSSR count). The van der Waals surface area contributed by atoms with E-state index in [1.807, 2.05) is 51.0 Å². The van der Waals surface area contributed by atoms with Crippen LogP contribution in [0.1, 0.15) is 128 Å². The molecule has 0 aliphatic carbocycles. The van der Waals surface area contributed by atoms with Gasteiger partial charge in [0.25, 0.3) is 0 Å². The summed E-state index contributed by atoms with van der Waals surface area (Å²) in [5.41, 5.74) is 6.35. The Labute approximate surface area is 509 Å². The third kappa shape index (κ3) is 31.2. The predicted molar refractivity (Wildman–Crippen MR) is 326 cm³/mol. The molecule has 0 aromatic carbocycles. The first-order valence-corrected chi connectivity index (χ1v) is 29.0. The molecule has 81 heavy (non-hydrogen) atoms. The van der Waals surface area contributed by atoms with Crippen molar-refractivity contribution in [2.45, 2.75) is 189 Å². The van der Waals surface area contributed by atoms with Gasteiger partial charge in [-0.2, -0.15) is 0 Å². The number of carboxylic acid groups (broad SMARTS) is 1. The summed E-state index contributed by atoms with van der Waals surface area (Å²) in [4.78, 5) is 77.6. The van der Waals surface area contributed by atoms with Gasteiger partial charge in [-0.25, -0.2) is 42.5 Å². The molecule has 0 bridgehead atoms. The second kappa shape index (κ2) is 37.0.